The lowest BCUT2D eigenvalue weighted by Crippen LogP contribution is -2.34. The van der Waals surface area contributed by atoms with Gasteiger partial charge in [0.25, 0.3) is 5.91 Å². The third-order valence-corrected chi connectivity index (χ3v) is 4.12. The molecule has 2 aromatic carbocycles. The van der Waals surface area contributed by atoms with E-state index < -0.39 is 30.2 Å². The minimum absolute atomic E-state index is 0.200. The summed E-state index contributed by atoms with van der Waals surface area (Å²) >= 11 is 0. The lowest BCUT2D eigenvalue weighted by Gasteiger charge is -2.19. The van der Waals surface area contributed by atoms with Crippen LogP contribution in [-0.4, -0.2) is 29.2 Å². The minimum Gasteiger partial charge on any atom is -0.497 e. The van der Waals surface area contributed by atoms with E-state index >= 15 is 0 Å². The average molecular weight is 387 g/mol. The fraction of sp³-hybridized carbons (Fsp3) is 0.200. The van der Waals surface area contributed by atoms with Gasteiger partial charge in [-0.05, 0) is 29.8 Å². The van der Waals surface area contributed by atoms with Crippen LogP contribution in [0, 0.1) is 11.6 Å². The van der Waals surface area contributed by atoms with Crippen LogP contribution < -0.4 is 14.8 Å². The molecule has 1 unspecified atom stereocenters. The predicted molar refractivity (Wildman–Crippen MR) is 98.0 cm³/mol. The molecule has 0 saturated carbocycles. The number of amides is 1. The van der Waals surface area contributed by atoms with Crippen molar-refractivity contribution < 1.29 is 23.0 Å². The maximum atomic E-state index is 13.7. The molecule has 1 aromatic heterocycles. The second kappa shape index (κ2) is 8.51. The van der Waals surface area contributed by atoms with E-state index in [4.69, 9.17) is 9.47 Å². The normalized spacial score (nSPS) is 11.7. The van der Waals surface area contributed by atoms with E-state index in [1.807, 2.05) is 19.2 Å². The van der Waals surface area contributed by atoms with Gasteiger partial charge < -0.3 is 19.4 Å². The zero-order chi connectivity index (χ0) is 20.1. The molecule has 0 aliphatic heterocycles. The van der Waals surface area contributed by atoms with Crippen LogP contribution >= 0.6 is 0 Å². The first-order chi connectivity index (χ1) is 13.5. The summed E-state index contributed by atoms with van der Waals surface area (Å²) in [6.07, 6.45) is 3.39. The van der Waals surface area contributed by atoms with Gasteiger partial charge in [0.15, 0.2) is 18.2 Å². The van der Waals surface area contributed by atoms with Crippen molar-refractivity contribution in [2.24, 2.45) is 7.05 Å². The number of carbonyl (C=O) groups excluding carboxylic acids is 1. The molecule has 0 saturated heterocycles. The van der Waals surface area contributed by atoms with Gasteiger partial charge in [0, 0.05) is 25.5 Å². The molecule has 0 radical (unpaired) electrons. The number of nitrogens with zero attached hydrogens (tertiary/aromatic N) is 2. The largest absolute Gasteiger partial charge is 0.497 e. The van der Waals surface area contributed by atoms with Crippen LogP contribution in [-0.2, 0) is 11.8 Å². The van der Waals surface area contributed by atoms with Crippen LogP contribution in [0.1, 0.15) is 17.4 Å². The number of ether oxygens (including phenoxy) is 2. The van der Waals surface area contributed by atoms with Crippen LogP contribution in [0.25, 0.3) is 0 Å². The molecule has 0 aliphatic carbocycles. The molecule has 0 spiro atoms. The second-order valence-electron chi connectivity index (χ2n) is 6.03. The van der Waals surface area contributed by atoms with Crippen molar-refractivity contribution in [3.63, 3.8) is 0 Å². The maximum absolute atomic E-state index is 13.7. The smallest absolute Gasteiger partial charge is 0.258 e. The number of rotatable bonds is 7. The highest BCUT2D eigenvalue weighted by Crippen LogP contribution is 2.23. The van der Waals surface area contributed by atoms with E-state index in [0.29, 0.717) is 17.6 Å². The summed E-state index contributed by atoms with van der Waals surface area (Å²) in [5.74, 6) is -0.968. The Morgan fingerprint density at radius 2 is 1.96 bits per heavy atom. The van der Waals surface area contributed by atoms with Gasteiger partial charge in [0.1, 0.15) is 23.4 Å². The SMILES string of the molecule is COc1ccc(C(NC(=O)COc2ccc(F)cc2F)c2nccn2C)cc1. The van der Waals surface area contributed by atoms with Crippen molar-refractivity contribution in [1.29, 1.82) is 0 Å². The van der Waals surface area contributed by atoms with Gasteiger partial charge in [-0.1, -0.05) is 12.1 Å². The minimum atomic E-state index is -0.872. The number of halogens is 2. The van der Waals surface area contributed by atoms with E-state index in [-0.39, 0.29) is 5.75 Å². The standard InChI is InChI=1S/C20H19F2N3O3/c1-25-10-9-23-20(25)19(13-3-6-15(27-2)7-4-13)24-18(26)12-28-17-8-5-14(21)11-16(17)22/h3-11,19H,12H2,1-2H3,(H,24,26). The number of aryl methyl sites for hydroxylation is 1. The van der Waals surface area contributed by atoms with Gasteiger partial charge in [-0.2, -0.15) is 0 Å². The van der Waals surface area contributed by atoms with Crippen LogP contribution in [0.4, 0.5) is 8.78 Å². The van der Waals surface area contributed by atoms with Crippen molar-refractivity contribution in [2.75, 3.05) is 13.7 Å². The number of benzene rings is 2. The molecule has 1 atom stereocenters. The van der Waals surface area contributed by atoms with E-state index in [9.17, 15) is 13.6 Å². The number of hydrogen-bond acceptors (Lipinski definition) is 4. The highest BCUT2D eigenvalue weighted by Gasteiger charge is 2.21. The topological polar surface area (TPSA) is 65.4 Å². The second-order valence-corrected chi connectivity index (χ2v) is 6.03. The molecule has 6 nitrogen and oxygen atoms in total. The molecule has 0 bridgehead atoms. The van der Waals surface area contributed by atoms with Crippen molar-refractivity contribution in [3.05, 3.63) is 77.9 Å². The lowest BCUT2D eigenvalue weighted by atomic mass is 10.1. The molecule has 1 heterocycles. The van der Waals surface area contributed by atoms with E-state index in [2.05, 4.69) is 10.3 Å². The van der Waals surface area contributed by atoms with Crippen LogP contribution in [0.5, 0.6) is 11.5 Å². The fourth-order valence-corrected chi connectivity index (χ4v) is 2.69. The number of nitrogens with one attached hydrogen (secondary N) is 1. The Morgan fingerprint density at radius 1 is 1.21 bits per heavy atom. The van der Waals surface area contributed by atoms with E-state index in [1.54, 1.807) is 36.2 Å². The van der Waals surface area contributed by atoms with Gasteiger partial charge in [0.2, 0.25) is 0 Å². The Hall–Kier alpha value is -3.42. The summed E-state index contributed by atoms with van der Waals surface area (Å²) in [4.78, 5) is 16.7. The van der Waals surface area contributed by atoms with Gasteiger partial charge in [-0.15, -0.1) is 0 Å². The fourth-order valence-electron chi connectivity index (χ4n) is 2.69. The molecule has 3 aromatic rings. The quantitative estimate of drug-likeness (QED) is 0.677. The Labute approximate surface area is 160 Å². The third kappa shape index (κ3) is 4.46. The number of aromatic nitrogens is 2. The molecule has 1 amide bonds. The third-order valence-electron chi connectivity index (χ3n) is 4.12. The Kier molecular flexibility index (Phi) is 5.88. The summed E-state index contributed by atoms with van der Waals surface area (Å²) in [6, 6.07) is 9.55. The van der Waals surface area contributed by atoms with Gasteiger partial charge in [-0.25, -0.2) is 13.8 Å². The number of carbonyl (C=O) groups is 1. The molecule has 0 fully saturated rings. The number of methoxy groups -OCH3 is 1. The molecule has 8 heteroatoms. The molecule has 3 rings (SSSR count). The lowest BCUT2D eigenvalue weighted by molar-refractivity contribution is -0.123. The molecular weight excluding hydrogens is 368 g/mol. The van der Waals surface area contributed by atoms with Gasteiger partial charge in [-0.3, -0.25) is 4.79 Å². The summed E-state index contributed by atoms with van der Waals surface area (Å²) in [6.45, 7) is -0.431. The first-order valence-corrected chi connectivity index (χ1v) is 8.46. The number of imidazole rings is 1. The van der Waals surface area contributed by atoms with Gasteiger partial charge in [0.05, 0.1) is 7.11 Å². The zero-order valence-electron chi connectivity index (χ0n) is 15.4. The number of hydrogen-bond donors (Lipinski definition) is 1. The highest BCUT2D eigenvalue weighted by molar-refractivity contribution is 5.78. The first kappa shape index (κ1) is 19.3. The first-order valence-electron chi connectivity index (χ1n) is 8.46. The summed E-state index contributed by atoms with van der Waals surface area (Å²) < 4.78 is 38.7. The summed E-state index contributed by atoms with van der Waals surface area (Å²) in [7, 11) is 3.38. The Morgan fingerprint density at radius 3 is 2.57 bits per heavy atom. The Bertz CT molecular complexity index is 958. The van der Waals surface area contributed by atoms with Crippen molar-refractivity contribution in [1.82, 2.24) is 14.9 Å². The molecule has 28 heavy (non-hydrogen) atoms. The maximum Gasteiger partial charge on any atom is 0.258 e. The van der Waals surface area contributed by atoms with Crippen molar-refractivity contribution in [2.45, 2.75) is 6.04 Å². The summed E-state index contributed by atoms with van der Waals surface area (Å²) in [5, 5.41) is 2.83. The average Bonchev–Trinajstić information content (AvgIpc) is 3.11. The predicted octanol–water partition coefficient (Wildman–Crippen LogP) is 2.99. The van der Waals surface area contributed by atoms with Crippen LogP contribution in [0.15, 0.2) is 54.9 Å². The van der Waals surface area contributed by atoms with Crippen LogP contribution in [0.3, 0.4) is 0 Å². The molecule has 1 N–H and O–H groups in total. The van der Waals surface area contributed by atoms with Crippen molar-refractivity contribution in [3.8, 4) is 11.5 Å². The van der Waals surface area contributed by atoms with E-state index in [1.165, 1.54) is 0 Å². The molecule has 0 aliphatic rings. The Balaban J connectivity index is 1.75. The molecular formula is C20H19F2N3O3. The summed E-state index contributed by atoms with van der Waals surface area (Å²) in [5.41, 5.74) is 0.788. The van der Waals surface area contributed by atoms with E-state index in [0.717, 1.165) is 17.7 Å². The molecule has 146 valence electrons. The van der Waals surface area contributed by atoms with Crippen molar-refractivity contribution >= 4 is 5.91 Å². The van der Waals surface area contributed by atoms with Gasteiger partial charge >= 0.3 is 0 Å². The monoisotopic (exact) mass is 387 g/mol. The highest BCUT2D eigenvalue weighted by atomic mass is 19.1. The zero-order valence-corrected chi connectivity index (χ0v) is 15.4. The van der Waals surface area contributed by atoms with Crippen LogP contribution in [0.2, 0.25) is 0 Å².